The lowest BCUT2D eigenvalue weighted by molar-refractivity contribution is 0.660. The van der Waals surface area contributed by atoms with Crippen molar-refractivity contribution in [3.05, 3.63) is 151 Å². The van der Waals surface area contributed by atoms with E-state index >= 15 is 0 Å². The van der Waals surface area contributed by atoms with E-state index < -0.39 is 0 Å². The summed E-state index contributed by atoms with van der Waals surface area (Å²) in [6.07, 6.45) is 0. The van der Waals surface area contributed by atoms with E-state index in [2.05, 4.69) is 134 Å². The van der Waals surface area contributed by atoms with Crippen LogP contribution in [0.25, 0.3) is 70.9 Å². The molecule has 0 radical (unpaired) electrons. The Bertz CT molecular complexity index is 2400. The van der Waals surface area contributed by atoms with Gasteiger partial charge in [-0.05, 0) is 63.7 Å². The zero-order valence-electron chi connectivity index (χ0n) is 25.0. The Morgan fingerprint density at radius 3 is 1.87 bits per heavy atom. The van der Waals surface area contributed by atoms with Crippen molar-refractivity contribution >= 4 is 31.5 Å². The van der Waals surface area contributed by atoms with Gasteiger partial charge in [-0.25, -0.2) is 0 Å². The summed E-state index contributed by atoms with van der Waals surface area (Å²) in [5, 5.41) is 12.1. The van der Waals surface area contributed by atoms with Crippen molar-refractivity contribution in [1.82, 2.24) is 14.8 Å². The highest BCUT2D eigenvalue weighted by Crippen LogP contribution is 2.51. The van der Waals surface area contributed by atoms with Crippen LogP contribution in [0.4, 0.5) is 0 Å². The van der Waals surface area contributed by atoms with E-state index in [0.29, 0.717) is 0 Å². The van der Waals surface area contributed by atoms with Crippen LogP contribution in [0.15, 0.2) is 140 Å². The molecule has 0 spiro atoms. The predicted octanol–water partition coefficient (Wildman–Crippen LogP) is 10.9. The van der Waals surface area contributed by atoms with Crippen molar-refractivity contribution in [2.45, 2.75) is 19.3 Å². The topological polar surface area (TPSA) is 30.7 Å². The zero-order chi connectivity index (χ0) is 30.1. The van der Waals surface area contributed by atoms with Crippen molar-refractivity contribution in [3.8, 4) is 50.7 Å². The summed E-state index contributed by atoms with van der Waals surface area (Å²) in [6.45, 7) is 4.70. The lowest BCUT2D eigenvalue weighted by atomic mass is 9.81. The van der Waals surface area contributed by atoms with E-state index in [9.17, 15) is 0 Å². The summed E-state index contributed by atoms with van der Waals surface area (Å²) in [5.41, 5.74) is 10.8. The molecule has 6 aromatic carbocycles. The first-order valence-corrected chi connectivity index (χ1v) is 16.2. The Kier molecular flexibility index (Phi) is 5.71. The van der Waals surface area contributed by atoms with Crippen molar-refractivity contribution in [2.75, 3.05) is 0 Å². The number of hydrogen-bond donors (Lipinski definition) is 0. The number of benzene rings is 6. The second-order valence-corrected chi connectivity index (χ2v) is 13.4. The van der Waals surface area contributed by atoms with Crippen LogP contribution in [0.1, 0.15) is 25.0 Å². The lowest BCUT2D eigenvalue weighted by Gasteiger charge is -2.22. The van der Waals surface area contributed by atoms with Crippen LogP contribution >= 0.6 is 11.3 Å². The van der Waals surface area contributed by atoms with Gasteiger partial charge in [0.1, 0.15) is 0 Å². The molecule has 1 aliphatic carbocycles. The van der Waals surface area contributed by atoms with Crippen molar-refractivity contribution in [2.24, 2.45) is 0 Å². The van der Waals surface area contributed by atoms with Crippen LogP contribution in [0.5, 0.6) is 0 Å². The van der Waals surface area contributed by atoms with Crippen LogP contribution in [-0.2, 0) is 5.41 Å². The highest BCUT2D eigenvalue weighted by atomic mass is 32.1. The Balaban J connectivity index is 1.17. The third-order valence-corrected chi connectivity index (χ3v) is 10.6. The number of aromatic nitrogens is 3. The highest BCUT2D eigenvalue weighted by molar-refractivity contribution is 7.26. The lowest BCUT2D eigenvalue weighted by Crippen LogP contribution is -2.15. The summed E-state index contributed by atoms with van der Waals surface area (Å²) in [7, 11) is 0. The van der Waals surface area contributed by atoms with Gasteiger partial charge in [-0.15, -0.1) is 21.5 Å². The van der Waals surface area contributed by atoms with Gasteiger partial charge in [0.2, 0.25) is 0 Å². The summed E-state index contributed by atoms with van der Waals surface area (Å²) in [5.74, 6) is 1.67. The first-order chi connectivity index (χ1) is 22.1. The monoisotopic (exact) mass is 595 g/mol. The SMILES string of the molecule is CC1(C)c2cc(-c3cccc4c3sc3ccccc34)ccc2-c2ccc(-c3nnc(-c4ccccc4)n3-c3ccccc3)cc21. The molecule has 0 aliphatic heterocycles. The molecule has 0 N–H and O–H groups in total. The van der Waals surface area contributed by atoms with Gasteiger partial charge in [0.05, 0.1) is 0 Å². The fourth-order valence-corrected chi connectivity index (χ4v) is 8.32. The van der Waals surface area contributed by atoms with Gasteiger partial charge >= 0.3 is 0 Å². The Morgan fingerprint density at radius 2 is 1.11 bits per heavy atom. The third kappa shape index (κ3) is 3.96. The Labute approximate surface area is 266 Å². The normalized spacial score (nSPS) is 13.3. The molecule has 4 heteroatoms. The zero-order valence-corrected chi connectivity index (χ0v) is 25.8. The van der Waals surface area contributed by atoms with E-state index in [1.807, 2.05) is 35.6 Å². The summed E-state index contributed by atoms with van der Waals surface area (Å²) >= 11 is 1.89. The minimum atomic E-state index is -0.176. The first kappa shape index (κ1) is 26.1. The number of hydrogen-bond acceptors (Lipinski definition) is 3. The van der Waals surface area contributed by atoms with Gasteiger partial charge in [-0.3, -0.25) is 4.57 Å². The molecule has 0 bridgehead atoms. The Morgan fingerprint density at radius 1 is 0.511 bits per heavy atom. The quantitative estimate of drug-likeness (QED) is 0.203. The molecule has 1 aliphatic rings. The van der Waals surface area contributed by atoms with Crippen molar-refractivity contribution in [1.29, 1.82) is 0 Å². The molecular weight excluding hydrogens is 567 g/mol. The molecule has 2 heterocycles. The second kappa shape index (κ2) is 9.85. The van der Waals surface area contributed by atoms with E-state index in [1.165, 1.54) is 53.6 Å². The first-order valence-electron chi connectivity index (χ1n) is 15.3. The minimum absolute atomic E-state index is 0.176. The van der Waals surface area contributed by atoms with E-state index in [0.717, 1.165) is 28.5 Å². The smallest absolute Gasteiger partial charge is 0.168 e. The maximum Gasteiger partial charge on any atom is 0.168 e. The standard InChI is InChI=1S/C41H29N3S/c1-41(2)35-24-27(30-17-11-18-34-33-16-9-10-19-37(33)45-38(30)34)20-22-31(35)32-23-21-28(25-36(32)41)40-43-42-39(26-12-5-3-6-13-26)44(40)29-14-7-4-8-15-29/h3-25H,1-2H3. The van der Waals surface area contributed by atoms with Gasteiger partial charge in [0.15, 0.2) is 11.6 Å². The third-order valence-electron chi connectivity index (χ3n) is 9.36. The van der Waals surface area contributed by atoms with Crippen LogP contribution in [0, 0.1) is 0 Å². The molecule has 0 unspecified atom stereocenters. The number of thiophene rings is 1. The summed E-state index contributed by atoms with van der Waals surface area (Å²) in [4.78, 5) is 0. The van der Waals surface area contributed by atoms with Gasteiger partial charge in [-0.2, -0.15) is 0 Å². The number of nitrogens with zero attached hydrogens (tertiary/aromatic N) is 3. The van der Waals surface area contributed by atoms with Gasteiger partial charge in [-0.1, -0.05) is 123 Å². The number of fused-ring (bicyclic) bond motifs is 6. The van der Waals surface area contributed by atoms with Crippen LogP contribution in [-0.4, -0.2) is 14.8 Å². The molecule has 0 saturated heterocycles. The molecule has 8 aromatic rings. The van der Waals surface area contributed by atoms with Gasteiger partial charge in [0.25, 0.3) is 0 Å². The van der Waals surface area contributed by atoms with Crippen LogP contribution in [0.2, 0.25) is 0 Å². The van der Waals surface area contributed by atoms with E-state index in [-0.39, 0.29) is 5.41 Å². The maximum atomic E-state index is 4.78. The van der Waals surface area contributed by atoms with E-state index in [4.69, 9.17) is 10.2 Å². The molecule has 2 aromatic heterocycles. The number of rotatable bonds is 4. The summed E-state index contributed by atoms with van der Waals surface area (Å²) in [6, 6.07) is 50.0. The molecule has 0 saturated carbocycles. The molecule has 0 amide bonds. The minimum Gasteiger partial charge on any atom is -0.275 e. The molecule has 3 nitrogen and oxygen atoms in total. The van der Waals surface area contributed by atoms with Crippen LogP contribution in [0.3, 0.4) is 0 Å². The van der Waals surface area contributed by atoms with Crippen molar-refractivity contribution in [3.63, 3.8) is 0 Å². The number of para-hydroxylation sites is 1. The van der Waals surface area contributed by atoms with Crippen molar-refractivity contribution < 1.29 is 0 Å². The molecule has 45 heavy (non-hydrogen) atoms. The highest BCUT2D eigenvalue weighted by Gasteiger charge is 2.36. The summed E-state index contributed by atoms with van der Waals surface area (Å²) < 4.78 is 4.86. The fraction of sp³-hybridized carbons (Fsp3) is 0.0732. The molecular formula is C41H29N3S. The van der Waals surface area contributed by atoms with Crippen LogP contribution < -0.4 is 0 Å². The Hall–Kier alpha value is -5.32. The maximum absolute atomic E-state index is 4.78. The fourth-order valence-electron chi connectivity index (χ4n) is 7.09. The largest absolute Gasteiger partial charge is 0.275 e. The average molecular weight is 596 g/mol. The van der Waals surface area contributed by atoms with Gasteiger partial charge in [0, 0.05) is 42.4 Å². The molecule has 0 fully saturated rings. The van der Waals surface area contributed by atoms with E-state index in [1.54, 1.807) is 0 Å². The molecule has 9 rings (SSSR count). The van der Waals surface area contributed by atoms with Gasteiger partial charge < -0.3 is 0 Å². The second-order valence-electron chi connectivity index (χ2n) is 12.3. The molecule has 214 valence electrons. The predicted molar refractivity (Wildman–Crippen MR) is 188 cm³/mol. The molecule has 0 atom stereocenters. The average Bonchev–Trinajstić information content (AvgIpc) is 3.76.